The van der Waals surface area contributed by atoms with Gasteiger partial charge < -0.3 is 19.5 Å². The molecule has 2 heterocycles. The zero-order valence-corrected chi connectivity index (χ0v) is 12.6. The molecule has 112 valence electrons. The average molecular weight is 286 g/mol. The summed E-state index contributed by atoms with van der Waals surface area (Å²) < 4.78 is 5.70. The molecular formula is C16H22N4O. The van der Waals surface area contributed by atoms with Crippen LogP contribution in [0, 0.1) is 0 Å². The Balaban J connectivity index is 1.86. The molecule has 5 nitrogen and oxygen atoms in total. The number of hydrogen-bond acceptors (Lipinski definition) is 5. The molecule has 0 aliphatic carbocycles. The number of likely N-dealkylation sites (N-methyl/N-ethyl adjacent to an activating group) is 1. The number of nitrogens with zero attached hydrogens (tertiary/aromatic N) is 3. The summed E-state index contributed by atoms with van der Waals surface area (Å²) in [5.74, 6) is 0. The van der Waals surface area contributed by atoms with Gasteiger partial charge in [-0.3, -0.25) is 0 Å². The predicted molar refractivity (Wildman–Crippen MR) is 83.3 cm³/mol. The number of piperazine rings is 1. The highest BCUT2D eigenvalue weighted by atomic mass is 16.4. The molecule has 1 saturated heterocycles. The van der Waals surface area contributed by atoms with Gasteiger partial charge in [0.05, 0.1) is 11.7 Å². The molecule has 1 aromatic heterocycles. The van der Waals surface area contributed by atoms with Crippen LogP contribution >= 0.6 is 0 Å². The van der Waals surface area contributed by atoms with Crippen LogP contribution in [-0.4, -0.2) is 43.6 Å². The number of rotatable bonds is 4. The van der Waals surface area contributed by atoms with Crippen molar-refractivity contribution in [2.45, 2.75) is 12.6 Å². The van der Waals surface area contributed by atoms with Crippen LogP contribution < -0.4 is 10.2 Å². The summed E-state index contributed by atoms with van der Waals surface area (Å²) in [4.78, 5) is 9.23. The number of hydrogen-bond donors (Lipinski definition) is 1. The predicted octanol–water partition coefficient (Wildman–Crippen LogP) is 1.89. The molecule has 1 aromatic carbocycles. The summed E-state index contributed by atoms with van der Waals surface area (Å²) in [5.41, 5.74) is 2.25. The Morgan fingerprint density at radius 1 is 1.29 bits per heavy atom. The van der Waals surface area contributed by atoms with E-state index in [9.17, 15) is 0 Å². The highest BCUT2D eigenvalue weighted by Gasteiger charge is 2.29. The standard InChI is InChI=1S/C16H22N4O/c1-17-10-14-12-21-16(18-14)20-9-8-19(2)11-15(20)13-6-4-3-5-7-13/h3-7,12,15,17H,8-11H2,1-2H3. The Morgan fingerprint density at radius 2 is 2.10 bits per heavy atom. The lowest BCUT2D eigenvalue weighted by Gasteiger charge is -2.39. The Morgan fingerprint density at radius 3 is 2.86 bits per heavy atom. The molecule has 0 amide bonds. The fourth-order valence-corrected chi connectivity index (χ4v) is 2.80. The Bertz CT molecular complexity index is 569. The molecule has 1 aliphatic rings. The molecule has 2 aromatic rings. The molecule has 5 heteroatoms. The maximum atomic E-state index is 5.70. The molecular weight excluding hydrogens is 264 g/mol. The molecule has 1 aliphatic heterocycles. The van der Waals surface area contributed by atoms with Crippen LogP contribution in [0.5, 0.6) is 0 Å². The quantitative estimate of drug-likeness (QED) is 0.930. The summed E-state index contributed by atoms with van der Waals surface area (Å²) >= 11 is 0. The van der Waals surface area contributed by atoms with Gasteiger partial charge in [-0.05, 0) is 19.7 Å². The van der Waals surface area contributed by atoms with Gasteiger partial charge >= 0.3 is 0 Å². The van der Waals surface area contributed by atoms with Crippen LogP contribution in [0.2, 0.25) is 0 Å². The first-order valence-corrected chi connectivity index (χ1v) is 7.37. The van der Waals surface area contributed by atoms with E-state index in [1.165, 1.54) is 5.56 Å². The Labute approximate surface area is 125 Å². The van der Waals surface area contributed by atoms with Crippen molar-refractivity contribution >= 4 is 6.01 Å². The number of nitrogens with one attached hydrogen (secondary N) is 1. The smallest absolute Gasteiger partial charge is 0.298 e. The SMILES string of the molecule is CNCc1coc(N2CCN(C)CC2c2ccccc2)n1. The highest BCUT2D eigenvalue weighted by Crippen LogP contribution is 2.29. The first-order chi connectivity index (χ1) is 10.3. The summed E-state index contributed by atoms with van der Waals surface area (Å²) in [6.45, 7) is 3.66. The normalized spacial score (nSPS) is 19.9. The molecule has 1 N–H and O–H groups in total. The van der Waals surface area contributed by atoms with E-state index in [-0.39, 0.29) is 6.04 Å². The van der Waals surface area contributed by atoms with E-state index in [1.807, 2.05) is 7.05 Å². The summed E-state index contributed by atoms with van der Waals surface area (Å²) in [7, 11) is 4.08. The molecule has 0 saturated carbocycles. The van der Waals surface area contributed by atoms with Gasteiger partial charge in [0.2, 0.25) is 0 Å². The summed E-state index contributed by atoms with van der Waals surface area (Å²) in [5, 5.41) is 3.10. The fraction of sp³-hybridized carbons (Fsp3) is 0.438. The van der Waals surface area contributed by atoms with Crippen molar-refractivity contribution in [2.75, 3.05) is 38.6 Å². The third-order valence-corrected chi connectivity index (χ3v) is 3.91. The molecule has 21 heavy (non-hydrogen) atoms. The van der Waals surface area contributed by atoms with Gasteiger partial charge in [0.1, 0.15) is 6.26 Å². The zero-order valence-electron chi connectivity index (χ0n) is 12.6. The van der Waals surface area contributed by atoms with Crippen molar-refractivity contribution in [1.82, 2.24) is 15.2 Å². The molecule has 0 radical (unpaired) electrons. The van der Waals surface area contributed by atoms with Gasteiger partial charge in [-0.25, -0.2) is 0 Å². The third kappa shape index (κ3) is 3.09. The molecule has 1 atom stereocenters. The van der Waals surface area contributed by atoms with Crippen LogP contribution in [-0.2, 0) is 6.54 Å². The third-order valence-electron chi connectivity index (χ3n) is 3.91. The molecule has 1 fully saturated rings. The van der Waals surface area contributed by atoms with E-state index in [2.05, 4.69) is 57.5 Å². The average Bonchev–Trinajstić information content (AvgIpc) is 2.97. The molecule has 1 unspecified atom stereocenters. The van der Waals surface area contributed by atoms with Crippen molar-refractivity contribution in [3.05, 3.63) is 47.9 Å². The molecule has 0 bridgehead atoms. The van der Waals surface area contributed by atoms with E-state index in [1.54, 1.807) is 6.26 Å². The topological polar surface area (TPSA) is 44.5 Å². The lowest BCUT2D eigenvalue weighted by Crippen LogP contribution is -2.47. The Hall–Kier alpha value is -1.85. The summed E-state index contributed by atoms with van der Waals surface area (Å²) in [6.07, 6.45) is 1.74. The number of anilines is 1. The van der Waals surface area contributed by atoms with Gasteiger partial charge in [-0.2, -0.15) is 4.98 Å². The second kappa shape index (κ2) is 6.28. The van der Waals surface area contributed by atoms with Crippen molar-refractivity contribution in [2.24, 2.45) is 0 Å². The zero-order chi connectivity index (χ0) is 14.7. The first kappa shape index (κ1) is 14.1. The lowest BCUT2D eigenvalue weighted by atomic mass is 10.0. The Kier molecular flexibility index (Phi) is 4.22. The van der Waals surface area contributed by atoms with E-state index in [4.69, 9.17) is 4.42 Å². The fourth-order valence-electron chi connectivity index (χ4n) is 2.80. The summed E-state index contributed by atoms with van der Waals surface area (Å²) in [6, 6.07) is 11.6. The first-order valence-electron chi connectivity index (χ1n) is 7.37. The molecule has 3 rings (SSSR count). The van der Waals surface area contributed by atoms with Gasteiger partial charge in [-0.15, -0.1) is 0 Å². The minimum Gasteiger partial charge on any atom is -0.432 e. The number of aromatic nitrogens is 1. The van der Waals surface area contributed by atoms with Crippen molar-refractivity contribution < 1.29 is 4.42 Å². The maximum absolute atomic E-state index is 5.70. The van der Waals surface area contributed by atoms with Crippen LogP contribution in [0.15, 0.2) is 41.0 Å². The monoisotopic (exact) mass is 286 g/mol. The van der Waals surface area contributed by atoms with Crippen molar-refractivity contribution in [3.63, 3.8) is 0 Å². The highest BCUT2D eigenvalue weighted by molar-refractivity contribution is 5.36. The van der Waals surface area contributed by atoms with Crippen LogP contribution in [0.1, 0.15) is 17.3 Å². The van der Waals surface area contributed by atoms with Gasteiger partial charge in [-0.1, -0.05) is 30.3 Å². The van der Waals surface area contributed by atoms with Crippen LogP contribution in [0.3, 0.4) is 0 Å². The second-order valence-corrected chi connectivity index (χ2v) is 5.53. The van der Waals surface area contributed by atoms with Gasteiger partial charge in [0.25, 0.3) is 6.01 Å². The van der Waals surface area contributed by atoms with Crippen LogP contribution in [0.25, 0.3) is 0 Å². The largest absolute Gasteiger partial charge is 0.432 e. The van der Waals surface area contributed by atoms with Crippen molar-refractivity contribution in [3.8, 4) is 0 Å². The number of benzene rings is 1. The van der Waals surface area contributed by atoms with Gasteiger partial charge in [0.15, 0.2) is 0 Å². The van der Waals surface area contributed by atoms with Crippen molar-refractivity contribution in [1.29, 1.82) is 0 Å². The van der Waals surface area contributed by atoms with E-state index >= 15 is 0 Å². The number of oxazole rings is 1. The molecule has 0 spiro atoms. The van der Waals surface area contributed by atoms with Gasteiger partial charge in [0, 0.05) is 26.2 Å². The van der Waals surface area contributed by atoms with E-state index in [0.29, 0.717) is 0 Å². The maximum Gasteiger partial charge on any atom is 0.298 e. The van der Waals surface area contributed by atoms with E-state index < -0.39 is 0 Å². The van der Waals surface area contributed by atoms with Crippen LogP contribution in [0.4, 0.5) is 6.01 Å². The minimum absolute atomic E-state index is 0.283. The minimum atomic E-state index is 0.283. The lowest BCUT2D eigenvalue weighted by molar-refractivity contribution is 0.260. The second-order valence-electron chi connectivity index (χ2n) is 5.53. The van der Waals surface area contributed by atoms with E-state index in [0.717, 1.165) is 37.9 Å².